The zero-order valence-electron chi connectivity index (χ0n) is 20.9. The molecule has 0 saturated heterocycles. The Kier molecular flexibility index (Phi) is 4.85. The van der Waals surface area contributed by atoms with Gasteiger partial charge in [0.15, 0.2) is 5.69 Å². The smallest absolute Gasteiger partial charge is 0.360 e. The number of aliphatic hydroxyl groups excluding tert-OH is 1. The van der Waals surface area contributed by atoms with Crippen molar-refractivity contribution in [2.75, 3.05) is 7.11 Å². The minimum absolute atomic E-state index is 0.0920. The van der Waals surface area contributed by atoms with Crippen molar-refractivity contribution in [1.29, 1.82) is 0 Å². The van der Waals surface area contributed by atoms with Crippen LogP contribution in [0.1, 0.15) is 63.9 Å². The fraction of sp³-hybridized carbons (Fsp3) is 0.276. The molecule has 2 unspecified atom stereocenters. The molecule has 7 heteroatoms. The van der Waals surface area contributed by atoms with Crippen LogP contribution < -0.4 is 4.74 Å². The molecule has 2 aliphatic rings. The van der Waals surface area contributed by atoms with Crippen LogP contribution in [-0.4, -0.2) is 32.7 Å². The summed E-state index contributed by atoms with van der Waals surface area (Å²) in [6.07, 6.45) is 3.13. The number of hydrogen-bond acceptors (Lipinski definition) is 6. The molecule has 1 N–H and O–H groups in total. The molecule has 0 amide bonds. The third-order valence-corrected chi connectivity index (χ3v) is 7.95. The van der Waals surface area contributed by atoms with Gasteiger partial charge in [-0.15, -0.1) is 0 Å². The molecule has 1 aliphatic heterocycles. The van der Waals surface area contributed by atoms with Crippen LogP contribution in [0.15, 0.2) is 54.4 Å². The third kappa shape index (κ3) is 2.74. The Hall–Kier alpha value is -3.97. The van der Waals surface area contributed by atoms with Gasteiger partial charge in [-0.2, -0.15) is 0 Å². The number of nitrogens with zero attached hydrogens (tertiary/aromatic N) is 3. The molecule has 1 aliphatic carbocycles. The Bertz CT molecular complexity index is 1620. The van der Waals surface area contributed by atoms with Crippen LogP contribution in [0.5, 0.6) is 5.75 Å². The van der Waals surface area contributed by atoms with Gasteiger partial charge in [0.1, 0.15) is 11.4 Å². The number of benzene rings is 2. The molecule has 0 saturated carbocycles. The van der Waals surface area contributed by atoms with E-state index in [1.54, 1.807) is 13.3 Å². The number of carbonyl (C=O) groups is 1. The number of hydrogen-bond donors (Lipinski definition) is 1. The van der Waals surface area contributed by atoms with E-state index >= 15 is 0 Å². The Balaban J connectivity index is 1.80. The molecule has 2 aromatic carbocycles. The monoisotopic (exact) mass is 481 g/mol. The van der Waals surface area contributed by atoms with Crippen LogP contribution in [-0.2, 0) is 24.0 Å². The summed E-state index contributed by atoms with van der Waals surface area (Å²) in [6, 6.07) is 11.9. The summed E-state index contributed by atoms with van der Waals surface area (Å²) in [5, 5.41) is 10.8. The summed E-state index contributed by atoms with van der Waals surface area (Å²) in [7, 11) is 3.64. The van der Waals surface area contributed by atoms with Crippen LogP contribution in [0.25, 0.3) is 16.5 Å². The number of aromatic nitrogens is 3. The molecule has 4 aromatic rings. The Morgan fingerprint density at radius 1 is 1.14 bits per heavy atom. The van der Waals surface area contributed by atoms with Gasteiger partial charge in [0.25, 0.3) is 0 Å². The number of fused-ring (bicyclic) bond motifs is 3. The molecule has 0 spiro atoms. The van der Waals surface area contributed by atoms with Crippen LogP contribution in [0.2, 0.25) is 0 Å². The van der Waals surface area contributed by atoms with E-state index in [-0.39, 0.29) is 18.2 Å². The van der Waals surface area contributed by atoms with Gasteiger partial charge in [-0.3, -0.25) is 4.98 Å². The highest BCUT2D eigenvalue weighted by Gasteiger charge is 2.57. The van der Waals surface area contributed by atoms with E-state index in [1.165, 1.54) is 6.20 Å². The number of aliphatic hydroxyl groups is 1. The Morgan fingerprint density at radius 3 is 2.67 bits per heavy atom. The second-order valence-electron chi connectivity index (χ2n) is 9.59. The van der Waals surface area contributed by atoms with Gasteiger partial charge in [0, 0.05) is 53.1 Å². The topological polar surface area (TPSA) is 86.5 Å². The molecule has 36 heavy (non-hydrogen) atoms. The second kappa shape index (κ2) is 7.77. The number of aryl methyl sites for hydroxylation is 1. The van der Waals surface area contributed by atoms with Crippen molar-refractivity contribution < 1.29 is 19.4 Å². The predicted octanol–water partition coefficient (Wildman–Crippen LogP) is 4.78. The maximum Gasteiger partial charge on any atom is 0.360 e. The van der Waals surface area contributed by atoms with Gasteiger partial charge >= 0.3 is 5.97 Å². The first-order chi connectivity index (χ1) is 17.3. The molecule has 7 nitrogen and oxygen atoms in total. The number of carbonyl (C=O) groups excluding carboxylic acids is 1. The van der Waals surface area contributed by atoms with Crippen molar-refractivity contribution in [1.82, 2.24) is 14.5 Å². The highest BCUT2D eigenvalue weighted by molar-refractivity contribution is 6.02. The third-order valence-electron chi connectivity index (χ3n) is 7.95. The fourth-order valence-corrected chi connectivity index (χ4v) is 5.99. The zero-order chi connectivity index (χ0) is 25.4. The lowest BCUT2D eigenvalue weighted by Crippen LogP contribution is -2.32. The van der Waals surface area contributed by atoms with Crippen molar-refractivity contribution >= 4 is 22.4 Å². The molecule has 0 radical (unpaired) electrons. The van der Waals surface area contributed by atoms with Crippen molar-refractivity contribution in [2.45, 2.75) is 38.9 Å². The minimum Gasteiger partial charge on any atom is -0.497 e. The lowest BCUT2D eigenvalue weighted by Gasteiger charge is -2.32. The lowest BCUT2D eigenvalue weighted by molar-refractivity contribution is 0.0295. The van der Waals surface area contributed by atoms with Gasteiger partial charge < -0.3 is 19.1 Å². The van der Waals surface area contributed by atoms with Crippen molar-refractivity contribution in [3.8, 4) is 5.75 Å². The average Bonchev–Trinajstić information content (AvgIpc) is 3.43. The van der Waals surface area contributed by atoms with E-state index in [0.717, 1.165) is 55.7 Å². The summed E-state index contributed by atoms with van der Waals surface area (Å²) in [5.41, 5.74) is 7.02. The molecular weight excluding hydrogens is 454 g/mol. The molecule has 182 valence electrons. The summed E-state index contributed by atoms with van der Waals surface area (Å²) < 4.78 is 14.2. The number of allylic oxidation sites excluding steroid dienone is 1. The quantitative estimate of drug-likeness (QED) is 0.422. The van der Waals surface area contributed by atoms with Crippen molar-refractivity contribution in [3.05, 3.63) is 93.7 Å². The number of esters is 1. The maximum atomic E-state index is 13.4. The molecule has 2 aromatic heterocycles. The maximum absolute atomic E-state index is 13.4. The van der Waals surface area contributed by atoms with Gasteiger partial charge in [-0.05, 0) is 54.8 Å². The van der Waals surface area contributed by atoms with E-state index in [1.807, 2.05) is 44.3 Å². The minimum atomic E-state index is -1.31. The molecule has 2 atom stereocenters. The highest BCUT2D eigenvalue weighted by Crippen LogP contribution is 2.58. The number of cyclic esters (lactones) is 1. The summed E-state index contributed by atoms with van der Waals surface area (Å²) in [4.78, 5) is 22.5. The second-order valence-corrected chi connectivity index (χ2v) is 9.59. The van der Waals surface area contributed by atoms with E-state index in [2.05, 4.69) is 29.5 Å². The van der Waals surface area contributed by atoms with Crippen LogP contribution in [0.4, 0.5) is 0 Å². The van der Waals surface area contributed by atoms with Gasteiger partial charge in [-0.1, -0.05) is 24.6 Å². The first kappa shape index (κ1) is 22.5. The van der Waals surface area contributed by atoms with Crippen molar-refractivity contribution in [2.24, 2.45) is 7.05 Å². The molecule has 3 heterocycles. The van der Waals surface area contributed by atoms with Gasteiger partial charge in [0.2, 0.25) is 5.60 Å². The predicted molar refractivity (Wildman–Crippen MR) is 136 cm³/mol. The van der Waals surface area contributed by atoms with E-state index in [9.17, 15) is 9.90 Å². The summed E-state index contributed by atoms with van der Waals surface area (Å²) in [5.74, 6) is 0.335. The lowest BCUT2D eigenvalue weighted by atomic mass is 9.78. The van der Waals surface area contributed by atoms with Gasteiger partial charge in [0.05, 0.1) is 13.7 Å². The molecule has 0 fully saturated rings. The standard InChI is InChI=1S/C29H27N3O4/c1-15-16(2)24(21-13-19(35-5)7-8-20(15)21)29(27-26(28(34)36-29)30-10-11-31-27)25-17(3)32(4)23-9-6-18(14-33)12-22(23)25/h6-13,15,33H,14H2,1-5H3. The van der Waals surface area contributed by atoms with Crippen LogP contribution in [0.3, 0.4) is 0 Å². The zero-order valence-corrected chi connectivity index (χ0v) is 20.9. The van der Waals surface area contributed by atoms with E-state index < -0.39 is 11.6 Å². The normalized spacial score (nSPS) is 20.6. The molecule has 6 rings (SSSR count). The SMILES string of the molecule is COc1ccc2c(c1)C(C1(c3c(C)n(C)c4ccc(CO)cc34)OC(=O)c3nccnc31)=C(C)C2C. The van der Waals surface area contributed by atoms with E-state index in [0.29, 0.717) is 5.69 Å². The largest absolute Gasteiger partial charge is 0.497 e. The van der Waals surface area contributed by atoms with Crippen LogP contribution in [0, 0.1) is 6.92 Å². The molecule has 0 bridgehead atoms. The number of ether oxygens (including phenoxy) is 2. The fourth-order valence-electron chi connectivity index (χ4n) is 5.99. The Morgan fingerprint density at radius 2 is 1.92 bits per heavy atom. The first-order valence-corrected chi connectivity index (χ1v) is 12.0. The Labute approximate surface area is 209 Å². The summed E-state index contributed by atoms with van der Waals surface area (Å²) >= 11 is 0. The van der Waals surface area contributed by atoms with E-state index in [4.69, 9.17) is 14.5 Å². The number of rotatable bonds is 4. The highest BCUT2D eigenvalue weighted by atomic mass is 16.6. The summed E-state index contributed by atoms with van der Waals surface area (Å²) in [6.45, 7) is 6.19. The first-order valence-electron chi connectivity index (χ1n) is 12.0. The van der Waals surface area contributed by atoms with Crippen LogP contribution >= 0.6 is 0 Å². The molecular formula is C29H27N3O4. The van der Waals surface area contributed by atoms with Gasteiger partial charge in [-0.25, -0.2) is 9.78 Å². The average molecular weight is 482 g/mol. The number of methoxy groups -OCH3 is 1. The van der Waals surface area contributed by atoms with Crippen molar-refractivity contribution in [3.63, 3.8) is 0 Å².